The Morgan fingerprint density at radius 3 is 1.22 bits per heavy atom. The largest absolute Gasteiger partial charge is 0.229 e. The van der Waals surface area contributed by atoms with Crippen LogP contribution < -0.4 is 0 Å². The van der Waals surface area contributed by atoms with Crippen molar-refractivity contribution in [3.8, 4) is 0 Å². The molecule has 7 heteroatoms. The Morgan fingerprint density at radius 2 is 0.913 bits per heavy atom. The maximum atomic E-state index is 13.0. The van der Waals surface area contributed by atoms with Crippen molar-refractivity contribution < 1.29 is 26.0 Å². The maximum Gasteiger partial charge on any atom is 0.150 e. The molecule has 0 bridgehead atoms. The van der Waals surface area contributed by atoms with Crippen LogP contribution in [0.1, 0.15) is 11.1 Å². The van der Waals surface area contributed by atoms with E-state index in [0.717, 1.165) is 24.3 Å². The van der Waals surface area contributed by atoms with Crippen LogP contribution >= 0.6 is 0 Å². The van der Waals surface area contributed by atoms with E-state index in [4.69, 9.17) is 0 Å². The fraction of sp³-hybridized carbons (Fsp3) is 0.250. The van der Waals surface area contributed by atoms with Gasteiger partial charge in [0, 0.05) is 12.1 Å². The Kier molecular flexibility index (Phi) is 5.41. The highest BCUT2D eigenvalue weighted by Crippen LogP contribution is 2.12. The number of sulfone groups is 1. The minimum Gasteiger partial charge on any atom is -0.229 e. The summed E-state index contributed by atoms with van der Waals surface area (Å²) in [7, 11) is -3.52. The Hall–Kier alpha value is -1.89. The second kappa shape index (κ2) is 7.12. The molecule has 0 atom stereocenters. The van der Waals surface area contributed by atoms with E-state index in [1.807, 2.05) is 0 Å². The first kappa shape index (κ1) is 17.5. The normalized spacial score (nSPS) is 11.7. The van der Waals surface area contributed by atoms with E-state index in [1.54, 1.807) is 0 Å². The first-order chi connectivity index (χ1) is 10.7. The zero-order valence-electron chi connectivity index (χ0n) is 12.0. The van der Waals surface area contributed by atoms with E-state index < -0.39 is 33.1 Å². The molecule has 0 saturated carbocycles. The molecule has 0 spiro atoms. The minimum absolute atomic E-state index is 0.0332. The first-order valence-corrected chi connectivity index (χ1v) is 8.66. The molecule has 2 nitrogen and oxygen atoms in total. The summed E-state index contributed by atoms with van der Waals surface area (Å²) < 4.78 is 76.0. The van der Waals surface area contributed by atoms with Crippen LogP contribution in [-0.2, 0) is 22.7 Å². The lowest BCUT2D eigenvalue weighted by Crippen LogP contribution is -2.15. The van der Waals surface area contributed by atoms with Gasteiger partial charge >= 0.3 is 0 Å². The molecular weight excluding hydrogens is 332 g/mol. The van der Waals surface area contributed by atoms with Crippen LogP contribution in [0.4, 0.5) is 17.6 Å². The fourth-order valence-corrected chi connectivity index (χ4v) is 3.46. The van der Waals surface area contributed by atoms with Crippen molar-refractivity contribution in [2.45, 2.75) is 12.8 Å². The van der Waals surface area contributed by atoms with Gasteiger partial charge in [0.1, 0.15) is 23.3 Å². The highest BCUT2D eigenvalue weighted by molar-refractivity contribution is 7.91. The van der Waals surface area contributed by atoms with Crippen LogP contribution in [0.2, 0.25) is 0 Å². The Bertz CT molecular complexity index is 702. The smallest absolute Gasteiger partial charge is 0.150 e. The van der Waals surface area contributed by atoms with E-state index >= 15 is 0 Å². The molecule has 0 saturated heterocycles. The zero-order valence-corrected chi connectivity index (χ0v) is 12.8. The predicted octanol–water partition coefficient (Wildman–Crippen LogP) is 3.44. The second-order valence-corrected chi connectivity index (χ2v) is 7.51. The number of rotatable bonds is 6. The molecule has 2 aromatic rings. The first-order valence-electron chi connectivity index (χ1n) is 6.84. The van der Waals surface area contributed by atoms with E-state index in [-0.39, 0.29) is 35.5 Å². The molecule has 23 heavy (non-hydrogen) atoms. The van der Waals surface area contributed by atoms with E-state index in [2.05, 4.69) is 0 Å². The maximum absolute atomic E-state index is 13.0. The molecule has 0 aliphatic carbocycles. The third kappa shape index (κ3) is 5.67. The summed E-state index contributed by atoms with van der Waals surface area (Å²) in [5.74, 6) is -3.68. The van der Waals surface area contributed by atoms with Gasteiger partial charge in [0.25, 0.3) is 0 Å². The molecule has 2 aromatic carbocycles. The molecule has 0 aliphatic heterocycles. The van der Waals surface area contributed by atoms with Crippen LogP contribution in [0.15, 0.2) is 36.4 Å². The predicted molar refractivity (Wildman–Crippen MR) is 78.8 cm³/mol. The summed E-state index contributed by atoms with van der Waals surface area (Å²) >= 11 is 0. The lowest BCUT2D eigenvalue weighted by Gasteiger charge is -2.06. The van der Waals surface area contributed by atoms with Crippen LogP contribution in [-0.4, -0.2) is 19.9 Å². The molecule has 124 valence electrons. The van der Waals surface area contributed by atoms with Crippen molar-refractivity contribution >= 4 is 9.84 Å². The summed E-state index contributed by atoms with van der Waals surface area (Å²) in [5.41, 5.74) is 0.478. The Balaban J connectivity index is 1.96. The molecule has 0 heterocycles. The lowest BCUT2D eigenvalue weighted by atomic mass is 10.1. The summed E-state index contributed by atoms with van der Waals surface area (Å²) in [6, 6.07) is 5.69. The zero-order chi connectivity index (χ0) is 17.0. The van der Waals surface area contributed by atoms with Gasteiger partial charge in [-0.15, -0.1) is 0 Å². The number of hydrogen-bond acceptors (Lipinski definition) is 2. The molecule has 0 N–H and O–H groups in total. The monoisotopic (exact) mass is 346 g/mol. The topological polar surface area (TPSA) is 34.1 Å². The van der Waals surface area contributed by atoms with E-state index in [1.165, 1.54) is 0 Å². The second-order valence-electron chi connectivity index (χ2n) is 5.21. The van der Waals surface area contributed by atoms with Crippen molar-refractivity contribution in [1.82, 2.24) is 0 Å². The van der Waals surface area contributed by atoms with Gasteiger partial charge in [-0.3, -0.25) is 0 Å². The average Bonchev–Trinajstić information content (AvgIpc) is 2.41. The number of hydrogen-bond donors (Lipinski definition) is 0. The molecule has 0 amide bonds. The summed E-state index contributed by atoms with van der Waals surface area (Å²) in [4.78, 5) is 0. The molecule has 0 unspecified atom stereocenters. The van der Waals surface area contributed by atoms with Crippen LogP contribution in [0, 0.1) is 23.3 Å². The molecule has 0 radical (unpaired) electrons. The Labute approximate surface area is 131 Å². The van der Waals surface area contributed by atoms with Gasteiger partial charge in [0.05, 0.1) is 11.5 Å². The standard InChI is InChI=1S/C16H14F4O2S/c17-13-5-11(6-14(18)9-13)1-3-23(21,22)4-2-12-7-15(19)10-16(20)8-12/h5-10H,1-4H2. The van der Waals surface area contributed by atoms with E-state index in [9.17, 15) is 26.0 Å². The van der Waals surface area contributed by atoms with Crippen molar-refractivity contribution in [2.24, 2.45) is 0 Å². The van der Waals surface area contributed by atoms with Gasteiger partial charge in [-0.25, -0.2) is 26.0 Å². The highest BCUT2D eigenvalue weighted by atomic mass is 32.2. The Morgan fingerprint density at radius 1 is 0.609 bits per heavy atom. The molecule has 2 rings (SSSR count). The van der Waals surface area contributed by atoms with Gasteiger partial charge in [0.2, 0.25) is 0 Å². The summed E-state index contributed by atoms with van der Waals surface area (Å²) in [6.45, 7) is 0. The lowest BCUT2D eigenvalue weighted by molar-refractivity contribution is 0.577. The minimum atomic E-state index is -3.52. The number of aryl methyl sites for hydroxylation is 2. The van der Waals surface area contributed by atoms with Crippen molar-refractivity contribution in [2.75, 3.05) is 11.5 Å². The third-order valence-corrected chi connectivity index (χ3v) is 4.90. The fourth-order valence-electron chi connectivity index (χ4n) is 2.16. The molecule has 0 aromatic heterocycles. The van der Waals surface area contributed by atoms with Gasteiger partial charge < -0.3 is 0 Å². The SMILES string of the molecule is O=S(=O)(CCc1cc(F)cc(F)c1)CCc1cc(F)cc(F)c1. The van der Waals surface area contributed by atoms with E-state index in [0.29, 0.717) is 12.1 Å². The summed E-state index contributed by atoms with van der Waals surface area (Å²) in [5, 5.41) is 0. The van der Waals surface area contributed by atoms with Crippen molar-refractivity contribution in [3.63, 3.8) is 0 Å². The van der Waals surface area contributed by atoms with Gasteiger partial charge in [-0.2, -0.15) is 0 Å². The van der Waals surface area contributed by atoms with Crippen LogP contribution in [0.5, 0.6) is 0 Å². The summed E-state index contributed by atoms with van der Waals surface area (Å²) in [6.07, 6.45) is -0.0664. The number of halogens is 4. The van der Waals surface area contributed by atoms with Crippen LogP contribution in [0.25, 0.3) is 0 Å². The molecule has 0 fully saturated rings. The molecule has 0 aliphatic rings. The van der Waals surface area contributed by atoms with Crippen LogP contribution in [0.3, 0.4) is 0 Å². The highest BCUT2D eigenvalue weighted by Gasteiger charge is 2.13. The van der Waals surface area contributed by atoms with Gasteiger partial charge in [0.15, 0.2) is 9.84 Å². The van der Waals surface area contributed by atoms with Crippen molar-refractivity contribution in [1.29, 1.82) is 0 Å². The quantitative estimate of drug-likeness (QED) is 0.751. The number of benzene rings is 2. The van der Waals surface area contributed by atoms with Gasteiger partial charge in [-0.05, 0) is 48.2 Å². The molecular formula is C16H14F4O2S. The van der Waals surface area contributed by atoms with Gasteiger partial charge in [-0.1, -0.05) is 0 Å². The average molecular weight is 346 g/mol. The third-order valence-electron chi connectivity index (χ3n) is 3.25. The van der Waals surface area contributed by atoms with Crippen molar-refractivity contribution in [3.05, 3.63) is 70.8 Å².